The van der Waals surface area contributed by atoms with Gasteiger partial charge in [0.15, 0.2) is 0 Å². The lowest BCUT2D eigenvalue weighted by Crippen LogP contribution is -1.97. The fourth-order valence-corrected chi connectivity index (χ4v) is 0.118. The molecule has 3 nitrogen and oxygen atoms in total. The predicted octanol–water partition coefficient (Wildman–Crippen LogP) is -0.538. The molecule has 3 heteroatoms. The molecule has 0 aromatic heterocycles. The van der Waals surface area contributed by atoms with Gasteiger partial charge in [-0.2, -0.15) is 0 Å². The molecule has 0 heterocycles. The molecule has 0 saturated heterocycles. The highest BCUT2D eigenvalue weighted by Gasteiger charge is 1.66. The largest absolute Gasteiger partial charge is 0.412 e. The lowest BCUT2D eigenvalue weighted by Gasteiger charge is -1.83. The van der Waals surface area contributed by atoms with E-state index in [1.807, 2.05) is 6.92 Å². The van der Waals surface area contributed by atoms with E-state index >= 15 is 0 Å². The van der Waals surface area contributed by atoms with Gasteiger partial charge in [0.05, 0.1) is 6.61 Å². The van der Waals surface area contributed by atoms with Gasteiger partial charge >= 0.3 is 0 Å². The maximum atomic E-state index is 4.64. The first-order valence-corrected chi connectivity index (χ1v) is 1.73. The fraction of sp³-hybridized carbons (Fsp3) is 1.00. The van der Waals surface area contributed by atoms with Gasteiger partial charge in [-0.1, -0.05) is 6.92 Å². The summed E-state index contributed by atoms with van der Waals surface area (Å²) in [5.74, 6) is 4.64. The molecule has 0 fully saturated rings. The normalized spacial score (nSPS) is 7.00. The first-order chi connectivity index (χ1) is 2.41. The minimum absolute atomic E-state index is 0. The third-order valence-electron chi connectivity index (χ3n) is 0.322. The summed E-state index contributed by atoms with van der Waals surface area (Å²) in [7, 11) is 0. The van der Waals surface area contributed by atoms with Gasteiger partial charge in [0.2, 0.25) is 0 Å². The van der Waals surface area contributed by atoms with Crippen molar-refractivity contribution < 1.29 is 10.3 Å². The Bertz CT molecular complexity index is 16.3. The van der Waals surface area contributed by atoms with Crippen molar-refractivity contribution in [3.05, 3.63) is 0 Å². The Morgan fingerprint density at radius 2 is 2.17 bits per heavy atom. The van der Waals surface area contributed by atoms with Crippen molar-refractivity contribution in [2.75, 3.05) is 6.61 Å². The average Bonchev–Trinajstić information content (AvgIpc) is 1.41. The molecule has 0 rings (SSSR count). The quantitative estimate of drug-likeness (QED) is 0.466. The van der Waals surface area contributed by atoms with Crippen LogP contribution in [0.5, 0.6) is 0 Å². The van der Waals surface area contributed by atoms with Gasteiger partial charge in [-0.15, -0.1) is 0 Å². The fourth-order valence-electron chi connectivity index (χ4n) is 0.118. The van der Waals surface area contributed by atoms with Gasteiger partial charge in [0, 0.05) is 0 Å². The molecule has 0 aromatic rings. The van der Waals surface area contributed by atoms with Crippen LogP contribution in [0.3, 0.4) is 0 Å². The molecule has 40 valence electrons. The maximum Gasteiger partial charge on any atom is 0.0676 e. The molecule has 6 heavy (non-hydrogen) atoms. The maximum absolute atomic E-state index is 4.64. The van der Waals surface area contributed by atoms with Crippen LogP contribution >= 0.6 is 0 Å². The summed E-state index contributed by atoms with van der Waals surface area (Å²) < 4.78 is 0. The van der Waals surface area contributed by atoms with Crippen molar-refractivity contribution in [1.29, 1.82) is 0 Å². The standard InChI is InChI=1S/C3H9NO.H2O/c1-2-3-5-4;/h2-4H2,1H3;1H2. The Hall–Kier alpha value is -0.120. The Labute approximate surface area is 37.4 Å². The second kappa shape index (κ2) is 8.86. The molecule has 0 aliphatic heterocycles. The zero-order valence-corrected chi connectivity index (χ0v) is 3.90. The first-order valence-electron chi connectivity index (χ1n) is 1.73. The summed E-state index contributed by atoms with van der Waals surface area (Å²) in [6, 6.07) is 0. The van der Waals surface area contributed by atoms with Crippen LogP contribution in [0.15, 0.2) is 0 Å². The smallest absolute Gasteiger partial charge is 0.0676 e. The lowest BCUT2D eigenvalue weighted by atomic mass is 10.5. The number of nitrogens with two attached hydrogens (primary N) is 1. The number of hydrogen-bond donors (Lipinski definition) is 1. The van der Waals surface area contributed by atoms with E-state index in [1.54, 1.807) is 0 Å². The first kappa shape index (κ1) is 9.30. The van der Waals surface area contributed by atoms with E-state index in [0.717, 1.165) is 6.42 Å². The summed E-state index contributed by atoms with van der Waals surface area (Å²) in [5.41, 5.74) is 0. The predicted molar refractivity (Wildman–Crippen MR) is 24.0 cm³/mol. The van der Waals surface area contributed by atoms with Gasteiger partial charge in [0.1, 0.15) is 0 Å². The van der Waals surface area contributed by atoms with Crippen molar-refractivity contribution in [1.82, 2.24) is 0 Å². The highest BCUT2D eigenvalue weighted by atomic mass is 16.6. The van der Waals surface area contributed by atoms with Crippen LogP contribution in [-0.4, -0.2) is 12.1 Å². The average molecular weight is 93.1 g/mol. The summed E-state index contributed by atoms with van der Waals surface area (Å²) in [5, 5.41) is 0. The Morgan fingerprint density at radius 1 is 1.67 bits per heavy atom. The highest BCUT2D eigenvalue weighted by Crippen LogP contribution is 1.67. The third kappa shape index (κ3) is 9.11. The van der Waals surface area contributed by atoms with Crippen molar-refractivity contribution in [3.63, 3.8) is 0 Å². The summed E-state index contributed by atoms with van der Waals surface area (Å²) in [4.78, 5) is 4.19. The van der Waals surface area contributed by atoms with Crippen LogP contribution in [0.1, 0.15) is 13.3 Å². The van der Waals surface area contributed by atoms with E-state index in [9.17, 15) is 0 Å². The SMILES string of the molecule is CCCON.O. The lowest BCUT2D eigenvalue weighted by molar-refractivity contribution is 0.138. The molecule has 4 N–H and O–H groups in total. The Morgan fingerprint density at radius 3 is 2.17 bits per heavy atom. The molecule has 0 unspecified atom stereocenters. The van der Waals surface area contributed by atoms with Crippen molar-refractivity contribution in [2.24, 2.45) is 5.90 Å². The molecule has 0 atom stereocenters. The van der Waals surface area contributed by atoms with Crippen LogP contribution < -0.4 is 5.90 Å². The molecule has 0 bridgehead atoms. The van der Waals surface area contributed by atoms with Gasteiger partial charge in [0.25, 0.3) is 0 Å². The Balaban J connectivity index is 0. The topological polar surface area (TPSA) is 66.8 Å². The minimum atomic E-state index is 0. The van der Waals surface area contributed by atoms with Gasteiger partial charge < -0.3 is 10.3 Å². The van der Waals surface area contributed by atoms with Gasteiger partial charge in [-0.3, -0.25) is 0 Å². The van der Waals surface area contributed by atoms with Gasteiger partial charge in [-0.05, 0) is 6.42 Å². The van der Waals surface area contributed by atoms with E-state index < -0.39 is 0 Å². The van der Waals surface area contributed by atoms with E-state index in [4.69, 9.17) is 0 Å². The summed E-state index contributed by atoms with van der Waals surface area (Å²) in [6.07, 6.45) is 0.997. The van der Waals surface area contributed by atoms with Crippen LogP contribution in [0, 0.1) is 0 Å². The van der Waals surface area contributed by atoms with E-state index in [1.165, 1.54) is 0 Å². The van der Waals surface area contributed by atoms with E-state index in [0.29, 0.717) is 6.61 Å². The molecule has 0 aliphatic carbocycles. The van der Waals surface area contributed by atoms with Crippen LogP contribution in [0.4, 0.5) is 0 Å². The minimum Gasteiger partial charge on any atom is -0.412 e. The van der Waals surface area contributed by atoms with Crippen molar-refractivity contribution in [3.8, 4) is 0 Å². The second-order valence-electron chi connectivity index (χ2n) is 0.871. The van der Waals surface area contributed by atoms with Crippen LogP contribution in [0.2, 0.25) is 0 Å². The van der Waals surface area contributed by atoms with E-state index in [-0.39, 0.29) is 5.48 Å². The van der Waals surface area contributed by atoms with E-state index in [2.05, 4.69) is 10.7 Å². The van der Waals surface area contributed by atoms with Crippen LogP contribution in [0.25, 0.3) is 0 Å². The molecule has 0 aliphatic rings. The molecule has 0 aromatic carbocycles. The molecule has 0 amide bonds. The van der Waals surface area contributed by atoms with Crippen molar-refractivity contribution in [2.45, 2.75) is 13.3 Å². The molecule has 0 radical (unpaired) electrons. The summed E-state index contributed by atoms with van der Waals surface area (Å²) in [6.45, 7) is 2.67. The molecule has 0 saturated carbocycles. The second-order valence-corrected chi connectivity index (χ2v) is 0.871. The summed E-state index contributed by atoms with van der Waals surface area (Å²) >= 11 is 0. The molecule has 0 spiro atoms. The van der Waals surface area contributed by atoms with Crippen molar-refractivity contribution >= 4 is 0 Å². The third-order valence-corrected chi connectivity index (χ3v) is 0.322. The number of hydrogen-bond acceptors (Lipinski definition) is 2. The zero-order valence-electron chi connectivity index (χ0n) is 3.90. The highest BCUT2D eigenvalue weighted by molar-refractivity contribution is 4.14. The molecular weight excluding hydrogens is 82.0 g/mol. The van der Waals surface area contributed by atoms with Crippen LogP contribution in [-0.2, 0) is 4.84 Å². The monoisotopic (exact) mass is 93.1 g/mol. The Kier molecular flexibility index (Phi) is 13.7. The molecular formula is C3H11NO2. The van der Waals surface area contributed by atoms with Gasteiger partial charge in [-0.25, -0.2) is 5.90 Å². The zero-order chi connectivity index (χ0) is 4.12. The number of rotatable bonds is 2.